The molecule has 0 aromatic heterocycles. The summed E-state index contributed by atoms with van der Waals surface area (Å²) in [6.45, 7) is 6.67. The molecule has 100 valence electrons. The van der Waals surface area contributed by atoms with Gasteiger partial charge in [0.15, 0.2) is 0 Å². The molecule has 0 saturated heterocycles. The third-order valence-corrected chi connectivity index (χ3v) is 2.42. The van der Waals surface area contributed by atoms with E-state index in [-0.39, 0.29) is 18.9 Å². The zero-order chi connectivity index (χ0) is 13.4. The van der Waals surface area contributed by atoms with Gasteiger partial charge < -0.3 is 14.7 Å². The second-order valence-corrected chi connectivity index (χ2v) is 4.45. The van der Waals surface area contributed by atoms with E-state index in [9.17, 15) is 9.59 Å². The lowest BCUT2D eigenvalue weighted by Gasteiger charge is -2.27. The Kier molecular flexibility index (Phi) is 7.54. The van der Waals surface area contributed by atoms with Crippen molar-refractivity contribution in [2.24, 2.45) is 5.92 Å². The van der Waals surface area contributed by atoms with E-state index in [1.165, 1.54) is 7.11 Å². The molecule has 0 aromatic carbocycles. The topological polar surface area (TPSA) is 66.8 Å². The van der Waals surface area contributed by atoms with Crippen molar-refractivity contribution in [1.29, 1.82) is 0 Å². The molecule has 0 heterocycles. The Labute approximate surface area is 103 Å². The first-order valence-electron chi connectivity index (χ1n) is 5.95. The molecule has 0 saturated carbocycles. The van der Waals surface area contributed by atoms with Crippen molar-refractivity contribution in [2.45, 2.75) is 39.7 Å². The summed E-state index contributed by atoms with van der Waals surface area (Å²) in [5.41, 5.74) is 0. The highest BCUT2D eigenvalue weighted by molar-refractivity contribution is 5.81. The molecule has 1 N–H and O–H groups in total. The van der Waals surface area contributed by atoms with E-state index in [1.807, 2.05) is 20.8 Å². The van der Waals surface area contributed by atoms with Crippen molar-refractivity contribution in [3.8, 4) is 0 Å². The summed E-state index contributed by atoms with van der Waals surface area (Å²) in [5, 5.41) is 8.66. The highest BCUT2D eigenvalue weighted by Gasteiger charge is 2.23. The van der Waals surface area contributed by atoms with E-state index < -0.39 is 12.1 Å². The summed E-state index contributed by atoms with van der Waals surface area (Å²) < 4.78 is 5.09. The van der Waals surface area contributed by atoms with E-state index in [0.29, 0.717) is 18.9 Å². The predicted molar refractivity (Wildman–Crippen MR) is 64.8 cm³/mol. The van der Waals surface area contributed by atoms with Gasteiger partial charge >= 0.3 is 5.97 Å². The van der Waals surface area contributed by atoms with Gasteiger partial charge in [-0.1, -0.05) is 20.8 Å². The van der Waals surface area contributed by atoms with Crippen LogP contribution >= 0.6 is 0 Å². The van der Waals surface area contributed by atoms with E-state index >= 15 is 0 Å². The molecule has 1 amide bonds. The summed E-state index contributed by atoms with van der Waals surface area (Å²) in [6, 6.07) is 0. The number of aliphatic carboxylic acids is 1. The molecular formula is C12H23NO4. The van der Waals surface area contributed by atoms with Gasteiger partial charge in [-0.05, 0) is 12.3 Å². The summed E-state index contributed by atoms with van der Waals surface area (Å²) >= 11 is 0. The standard InChI is InChI=1S/C12H23NO4/c1-5-10(17-4)12(16)13(8-9(2)3)7-6-11(14)15/h9-10H,5-8H2,1-4H3,(H,14,15). The Hall–Kier alpha value is -1.10. The van der Waals surface area contributed by atoms with E-state index in [0.717, 1.165) is 0 Å². The fourth-order valence-corrected chi connectivity index (χ4v) is 1.61. The van der Waals surface area contributed by atoms with Gasteiger partial charge in [0.25, 0.3) is 5.91 Å². The molecule has 0 bridgehead atoms. The van der Waals surface area contributed by atoms with Gasteiger partial charge in [-0.15, -0.1) is 0 Å². The zero-order valence-electron chi connectivity index (χ0n) is 11.1. The molecule has 0 aromatic rings. The molecule has 0 fully saturated rings. The van der Waals surface area contributed by atoms with Crippen LogP contribution in [0.1, 0.15) is 33.6 Å². The van der Waals surface area contributed by atoms with E-state index in [4.69, 9.17) is 9.84 Å². The molecule has 0 spiro atoms. The van der Waals surface area contributed by atoms with Gasteiger partial charge in [-0.25, -0.2) is 0 Å². The van der Waals surface area contributed by atoms with Crippen molar-refractivity contribution >= 4 is 11.9 Å². The summed E-state index contributed by atoms with van der Waals surface area (Å²) in [4.78, 5) is 24.2. The molecule has 5 nitrogen and oxygen atoms in total. The van der Waals surface area contributed by atoms with Gasteiger partial charge in [-0.2, -0.15) is 0 Å². The lowest BCUT2D eigenvalue weighted by molar-refractivity contribution is -0.144. The van der Waals surface area contributed by atoms with Gasteiger partial charge in [0.2, 0.25) is 0 Å². The van der Waals surface area contributed by atoms with Crippen molar-refractivity contribution in [3.05, 3.63) is 0 Å². The Morgan fingerprint density at radius 1 is 1.35 bits per heavy atom. The van der Waals surface area contributed by atoms with Crippen molar-refractivity contribution in [2.75, 3.05) is 20.2 Å². The Bertz CT molecular complexity index is 249. The number of rotatable bonds is 8. The largest absolute Gasteiger partial charge is 0.481 e. The molecule has 17 heavy (non-hydrogen) atoms. The average Bonchev–Trinajstić information content (AvgIpc) is 2.25. The number of methoxy groups -OCH3 is 1. The molecule has 0 aliphatic heterocycles. The normalized spacial score (nSPS) is 12.5. The highest BCUT2D eigenvalue weighted by Crippen LogP contribution is 2.07. The summed E-state index contributed by atoms with van der Waals surface area (Å²) in [7, 11) is 1.50. The van der Waals surface area contributed by atoms with Gasteiger partial charge in [0, 0.05) is 20.2 Å². The minimum absolute atomic E-state index is 0.0292. The number of carbonyl (C=O) groups excluding carboxylic acids is 1. The van der Waals surface area contributed by atoms with Crippen molar-refractivity contribution in [1.82, 2.24) is 4.90 Å². The van der Waals surface area contributed by atoms with Crippen LogP contribution in [-0.2, 0) is 14.3 Å². The lowest BCUT2D eigenvalue weighted by atomic mass is 10.1. The number of nitrogens with zero attached hydrogens (tertiary/aromatic N) is 1. The molecule has 1 atom stereocenters. The third-order valence-electron chi connectivity index (χ3n) is 2.42. The number of carboxylic acids is 1. The van der Waals surface area contributed by atoms with Crippen LogP contribution in [0, 0.1) is 5.92 Å². The molecule has 0 radical (unpaired) electrons. The van der Waals surface area contributed by atoms with Crippen LogP contribution in [0.5, 0.6) is 0 Å². The second kappa shape index (κ2) is 8.06. The second-order valence-electron chi connectivity index (χ2n) is 4.45. The molecular weight excluding hydrogens is 222 g/mol. The number of amides is 1. The number of hydrogen-bond donors (Lipinski definition) is 1. The third kappa shape index (κ3) is 6.26. The molecule has 0 aliphatic carbocycles. The van der Waals surface area contributed by atoms with Crippen LogP contribution in [-0.4, -0.2) is 48.2 Å². The van der Waals surface area contributed by atoms with Gasteiger partial charge in [-0.3, -0.25) is 9.59 Å². The first kappa shape index (κ1) is 15.9. The van der Waals surface area contributed by atoms with Gasteiger partial charge in [0.1, 0.15) is 6.10 Å². The number of ether oxygens (including phenoxy) is 1. The Morgan fingerprint density at radius 3 is 2.29 bits per heavy atom. The van der Waals surface area contributed by atoms with Crippen LogP contribution < -0.4 is 0 Å². The fourth-order valence-electron chi connectivity index (χ4n) is 1.61. The SMILES string of the molecule is CCC(OC)C(=O)N(CCC(=O)O)CC(C)C. The van der Waals surface area contributed by atoms with Crippen LogP contribution in [0.3, 0.4) is 0 Å². The minimum Gasteiger partial charge on any atom is -0.481 e. The monoisotopic (exact) mass is 245 g/mol. The van der Waals surface area contributed by atoms with Crippen LogP contribution in [0.15, 0.2) is 0 Å². The first-order chi connectivity index (χ1) is 7.92. The van der Waals surface area contributed by atoms with Crippen LogP contribution in [0.4, 0.5) is 0 Å². The number of carboxylic acid groups (broad SMARTS) is 1. The summed E-state index contributed by atoms with van der Waals surface area (Å²) in [5.74, 6) is -0.705. The molecule has 5 heteroatoms. The van der Waals surface area contributed by atoms with E-state index in [2.05, 4.69) is 0 Å². The predicted octanol–water partition coefficient (Wildman–Crippen LogP) is 1.37. The van der Waals surface area contributed by atoms with Gasteiger partial charge in [0.05, 0.1) is 6.42 Å². The Balaban J connectivity index is 4.53. The smallest absolute Gasteiger partial charge is 0.305 e. The molecule has 0 aliphatic rings. The minimum atomic E-state index is -0.892. The van der Waals surface area contributed by atoms with E-state index in [1.54, 1.807) is 4.90 Å². The highest BCUT2D eigenvalue weighted by atomic mass is 16.5. The number of carbonyl (C=O) groups is 2. The maximum Gasteiger partial charge on any atom is 0.305 e. The average molecular weight is 245 g/mol. The maximum absolute atomic E-state index is 12.1. The van der Waals surface area contributed by atoms with Crippen LogP contribution in [0.25, 0.3) is 0 Å². The maximum atomic E-state index is 12.1. The zero-order valence-corrected chi connectivity index (χ0v) is 11.1. The fraction of sp³-hybridized carbons (Fsp3) is 0.833. The quantitative estimate of drug-likeness (QED) is 0.701. The molecule has 0 rings (SSSR count). The van der Waals surface area contributed by atoms with Crippen LogP contribution in [0.2, 0.25) is 0 Å². The van der Waals surface area contributed by atoms with Crippen molar-refractivity contribution in [3.63, 3.8) is 0 Å². The lowest BCUT2D eigenvalue weighted by Crippen LogP contribution is -2.42. The molecule has 1 unspecified atom stereocenters. The number of hydrogen-bond acceptors (Lipinski definition) is 3. The first-order valence-corrected chi connectivity index (χ1v) is 5.95. The summed E-state index contributed by atoms with van der Waals surface area (Å²) in [6.07, 6.45) is 0.0952. The Morgan fingerprint density at radius 2 is 1.94 bits per heavy atom. The van der Waals surface area contributed by atoms with Crippen molar-refractivity contribution < 1.29 is 19.4 Å².